The molecular formula is C24H20N2O7. The van der Waals surface area contributed by atoms with Crippen LogP contribution in [0, 0.1) is 0 Å². The van der Waals surface area contributed by atoms with Gasteiger partial charge in [-0.15, -0.1) is 0 Å². The number of hydrogen-bond acceptors (Lipinski definition) is 8. The van der Waals surface area contributed by atoms with Crippen LogP contribution in [-0.4, -0.2) is 39.1 Å². The lowest BCUT2D eigenvalue weighted by Gasteiger charge is -2.31. The lowest BCUT2D eigenvalue weighted by Crippen LogP contribution is -2.44. The topological polar surface area (TPSA) is 120 Å². The first kappa shape index (κ1) is 20.0. The van der Waals surface area contributed by atoms with Gasteiger partial charge in [0.25, 0.3) is 5.56 Å². The lowest BCUT2D eigenvalue weighted by atomic mass is 9.86. The molecule has 2 aromatic heterocycles. The van der Waals surface area contributed by atoms with E-state index in [2.05, 4.69) is 0 Å². The molecular weight excluding hydrogens is 428 g/mol. The number of carbonyl (C=O) groups is 1. The fraction of sp³-hybridized carbons (Fsp3) is 0.292. The molecule has 0 saturated carbocycles. The van der Waals surface area contributed by atoms with Crippen molar-refractivity contribution in [1.29, 1.82) is 0 Å². The van der Waals surface area contributed by atoms with Gasteiger partial charge in [0, 0.05) is 22.6 Å². The third kappa shape index (κ3) is 2.63. The van der Waals surface area contributed by atoms with Crippen molar-refractivity contribution in [2.45, 2.75) is 32.1 Å². The standard InChI is InChI=1S/C24H20N2O7/c1-2-24(30)16-7-18-21-14(9-26(18)22(28)15(16)10-31-23(24)29)12(4-3-5-27)13-6-19-20(33-11-32-19)8-17(13)25-21/h3-4,6-8,27,30H,2,5,9-11H2,1H3/b4-3+/t24-/m0/s1. The average Bonchev–Trinajstić information content (AvgIpc) is 3.42. The zero-order valence-electron chi connectivity index (χ0n) is 17.8. The minimum Gasteiger partial charge on any atom is -0.458 e. The number of rotatable bonds is 3. The van der Waals surface area contributed by atoms with Crippen LogP contribution in [0.25, 0.3) is 28.4 Å². The molecule has 1 aromatic carbocycles. The Kier molecular flexibility index (Phi) is 4.17. The Morgan fingerprint density at radius 1 is 1.15 bits per heavy atom. The van der Waals surface area contributed by atoms with Crippen molar-refractivity contribution < 1.29 is 29.2 Å². The van der Waals surface area contributed by atoms with Gasteiger partial charge in [-0.3, -0.25) is 4.79 Å². The molecule has 9 nitrogen and oxygen atoms in total. The summed E-state index contributed by atoms with van der Waals surface area (Å²) in [7, 11) is 0. The van der Waals surface area contributed by atoms with Crippen LogP contribution in [0.5, 0.6) is 11.5 Å². The molecule has 168 valence electrons. The Hall–Kier alpha value is -3.69. The van der Waals surface area contributed by atoms with Crippen LogP contribution in [0.15, 0.2) is 29.1 Å². The molecule has 0 radical (unpaired) electrons. The summed E-state index contributed by atoms with van der Waals surface area (Å²) in [5.41, 5.74) is 1.69. The number of aliphatic hydroxyl groups is 2. The SMILES string of the molecule is CC[C@@]1(O)C(=O)OCc2c1cc1n(c2=O)Cc2c-1nc1cc3c(cc1c2/C=C/CO)OCO3. The van der Waals surface area contributed by atoms with Gasteiger partial charge in [0.05, 0.1) is 35.6 Å². The Morgan fingerprint density at radius 2 is 1.94 bits per heavy atom. The van der Waals surface area contributed by atoms with Crippen molar-refractivity contribution in [3.05, 3.63) is 56.9 Å². The highest BCUT2D eigenvalue weighted by molar-refractivity contribution is 5.95. The minimum absolute atomic E-state index is 0.0771. The molecule has 33 heavy (non-hydrogen) atoms. The Morgan fingerprint density at radius 3 is 2.70 bits per heavy atom. The fourth-order valence-corrected chi connectivity index (χ4v) is 4.86. The zero-order chi connectivity index (χ0) is 22.9. The number of carbonyl (C=O) groups excluding carboxylic acids is 1. The molecule has 3 aliphatic rings. The van der Waals surface area contributed by atoms with E-state index < -0.39 is 11.6 Å². The summed E-state index contributed by atoms with van der Waals surface area (Å²) < 4.78 is 17.7. The average molecular weight is 448 g/mol. The third-order valence-corrected chi connectivity index (χ3v) is 6.62. The monoisotopic (exact) mass is 448 g/mol. The van der Waals surface area contributed by atoms with Gasteiger partial charge in [-0.2, -0.15) is 0 Å². The Bertz CT molecular complexity index is 1460. The molecule has 0 bridgehead atoms. The van der Waals surface area contributed by atoms with Gasteiger partial charge in [0.15, 0.2) is 17.1 Å². The number of aliphatic hydroxyl groups excluding tert-OH is 1. The number of cyclic esters (lactones) is 1. The van der Waals surface area contributed by atoms with Crippen LogP contribution < -0.4 is 15.0 Å². The number of fused-ring (bicyclic) bond motifs is 6. The Balaban J connectivity index is 1.66. The predicted molar refractivity (Wildman–Crippen MR) is 117 cm³/mol. The number of hydrogen-bond donors (Lipinski definition) is 2. The van der Waals surface area contributed by atoms with Crippen molar-refractivity contribution in [2.24, 2.45) is 0 Å². The molecule has 2 N–H and O–H groups in total. The fourth-order valence-electron chi connectivity index (χ4n) is 4.86. The highest BCUT2D eigenvalue weighted by atomic mass is 16.7. The first-order chi connectivity index (χ1) is 16.0. The van der Waals surface area contributed by atoms with E-state index in [4.69, 9.17) is 19.2 Å². The summed E-state index contributed by atoms with van der Waals surface area (Å²) in [4.78, 5) is 30.6. The first-order valence-electron chi connectivity index (χ1n) is 10.7. The second-order valence-corrected chi connectivity index (χ2v) is 8.26. The van der Waals surface area contributed by atoms with E-state index >= 15 is 0 Å². The van der Waals surface area contributed by atoms with Crippen LogP contribution in [-0.2, 0) is 28.3 Å². The highest BCUT2D eigenvalue weighted by Crippen LogP contribution is 2.43. The number of aromatic nitrogens is 2. The normalized spacial score (nSPS) is 20.2. The molecule has 0 fully saturated rings. The maximum absolute atomic E-state index is 13.4. The molecule has 0 unspecified atom stereocenters. The zero-order valence-corrected chi connectivity index (χ0v) is 17.8. The quantitative estimate of drug-likeness (QED) is 0.456. The summed E-state index contributed by atoms with van der Waals surface area (Å²) in [6.07, 6.45) is 3.50. The van der Waals surface area contributed by atoms with Gasteiger partial charge in [-0.1, -0.05) is 19.1 Å². The number of pyridine rings is 2. The second kappa shape index (κ2) is 6.90. The van der Waals surface area contributed by atoms with Crippen LogP contribution in [0.3, 0.4) is 0 Å². The molecule has 0 aliphatic carbocycles. The number of ether oxygens (including phenoxy) is 3. The van der Waals surface area contributed by atoms with Crippen LogP contribution in [0.2, 0.25) is 0 Å². The van der Waals surface area contributed by atoms with Gasteiger partial charge in [-0.05, 0) is 24.1 Å². The second-order valence-electron chi connectivity index (χ2n) is 8.26. The van der Waals surface area contributed by atoms with Gasteiger partial charge in [-0.25, -0.2) is 9.78 Å². The van der Waals surface area contributed by atoms with E-state index in [0.717, 1.165) is 16.5 Å². The number of benzene rings is 1. The maximum Gasteiger partial charge on any atom is 0.343 e. The van der Waals surface area contributed by atoms with Crippen LogP contribution >= 0.6 is 0 Å². The van der Waals surface area contributed by atoms with E-state index in [1.165, 1.54) is 0 Å². The van der Waals surface area contributed by atoms with Gasteiger partial charge in [0.2, 0.25) is 6.79 Å². The molecule has 3 aliphatic heterocycles. The maximum atomic E-state index is 13.4. The van der Waals surface area contributed by atoms with Crippen molar-refractivity contribution in [1.82, 2.24) is 9.55 Å². The third-order valence-electron chi connectivity index (χ3n) is 6.62. The molecule has 3 aromatic rings. The smallest absolute Gasteiger partial charge is 0.343 e. The summed E-state index contributed by atoms with van der Waals surface area (Å²) in [6, 6.07) is 5.31. The van der Waals surface area contributed by atoms with E-state index in [9.17, 15) is 19.8 Å². The van der Waals surface area contributed by atoms with Gasteiger partial charge in [0.1, 0.15) is 6.61 Å². The van der Waals surface area contributed by atoms with Crippen molar-refractivity contribution in [3.63, 3.8) is 0 Å². The van der Waals surface area contributed by atoms with E-state index in [0.29, 0.717) is 28.4 Å². The van der Waals surface area contributed by atoms with E-state index in [-0.39, 0.29) is 49.7 Å². The molecule has 1 atom stereocenters. The summed E-state index contributed by atoms with van der Waals surface area (Å²) >= 11 is 0. The van der Waals surface area contributed by atoms with Crippen LogP contribution in [0.4, 0.5) is 0 Å². The largest absolute Gasteiger partial charge is 0.458 e. The van der Waals surface area contributed by atoms with Crippen molar-refractivity contribution in [2.75, 3.05) is 13.4 Å². The minimum atomic E-state index is -1.88. The van der Waals surface area contributed by atoms with E-state index in [1.54, 1.807) is 35.8 Å². The molecule has 0 spiro atoms. The summed E-state index contributed by atoms with van der Waals surface area (Å²) in [6.45, 7) is 1.73. The van der Waals surface area contributed by atoms with Gasteiger partial charge >= 0.3 is 5.97 Å². The highest BCUT2D eigenvalue weighted by Gasteiger charge is 2.45. The first-order valence-corrected chi connectivity index (χ1v) is 10.7. The summed E-state index contributed by atoms with van der Waals surface area (Å²) in [5.74, 6) is 0.427. The molecule has 0 amide bonds. The Labute approximate surface area is 187 Å². The lowest BCUT2D eigenvalue weighted by molar-refractivity contribution is -0.172. The summed E-state index contributed by atoms with van der Waals surface area (Å²) in [5, 5.41) is 21.2. The molecule has 6 rings (SSSR count). The van der Waals surface area contributed by atoms with E-state index in [1.807, 2.05) is 6.07 Å². The number of esters is 1. The van der Waals surface area contributed by atoms with Crippen molar-refractivity contribution >= 4 is 22.9 Å². The van der Waals surface area contributed by atoms with Gasteiger partial charge < -0.3 is 29.0 Å². The molecule has 9 heteroatoms. The van der Waals surface area contributed by atoms with Crippen LogP contribution in [0.1, 0.15) is 35.6 Å². The predicted octanol–water partition coefficient (Wildman–Crippen LogP) is 1.81. The molecule has 5 heterocycles. The number of nitrogens with zero attached hydrogens (tertiary/aromatic N) is 2. The van der Waals surface area contributed by atoms with Crippen molar-refractivity contribution in [3.8, 4) is 22.9 Å². The molecule has 0 saturated heterocycles.